The van der Waals surface area contributed by atoms with E-state index >= 15 is 0 Å². The van der Waals surface area contributed by atoms with Crippen LogP contribution in [0.3, 0.4) is 0 Å². The van der Waals surface area contributed by atoms with Crippen molar-refractivity contribution in [3.05, 3.63) is 64.8 Å². The number of aromatic nitrogens is 1. The minimum absolute atomic E-state index is 0.106. The van der Waals surface area contributed by atoms with Crippen molar-refractivity contribution in [3.8, 4) is 17.0 Å². The van der Waals surface area contributed by atoms with Crippen molar-refractivity contribution in [1.29, 1.82) is 0 Å². The Labute approximate surface area is 144 Å². The van der Waals surface area contributed by atoms with Crippen molar-refractivity contribution in [2.75, 3.05) is 12.4 Å². The van der Waals surface area contributed by atoms with Gasteiger partial charge in [0.2, 0.25) is 0 Å². The van der Waals surface area contributed by atoms with Gasteiger partial charge in [0.05, 0.1) is 18.4 Å². The number of amides is 1. The number of methoxy groups -OCH3 is 1. The molecule has 2 aromatic carbocycles. The topological polar surface area (TPSA) is 51.2 Å². The molecule has 0 radical (unpaired) electrons. The Morgan fingerprint density at radius 3 is 2.64 bits per heavy atom. The van der Waals surface area contributed by atoms with Gasteiger partial charge >= 0.3 is 0 Å². The second-order valence-electron chi connectivity index (χ2n) is 4.97. The second kappa shape index (κ2) is 6.94. The average molecular weight is 364 g/mol. The fourth-order valence-corrected chi connectivity index (χ4v) is 2.84. The first kappa shape index (κ1) is 17.0. The normalized spacial score (nSPS) is 10.6. The number of carbonyl (C=O) groups excluding carboxylic acids is 1. The molecule has 25 heavy (non-hydrogen) atoms. The third kappa shape index (κ3) is 3.63. The number of halogens is 3. The Balaban J connectivity index is 1.81. The zero-order valence-corrected chi connectivity index (χ0v) is 13.7. The van der Waals surface area contributed by atoms with Crippen LogP contribution in [-0.2, 0) is 0 Å². The van der Waals surface area contributed by atoms with Gasteiger partial charge in [0, 0.05) is 10.9 Å². The van der Waals surface area contributed by atoms with E-state index in [2.05, 4.69) is 10.3 Å². The third-order valence-corrected chi connectivity index (χ3v) is 4.10. The van der Waals surface area contributed by atoms with Gasteiger partial charge in [0.15, 0.2) is 16.7 Å². The number of nitrogens with zero attached hydrogens (tertiary/aromatic N) is 1. The summed E-state index contributed by atoms with van der Waals surface area (Å²) in [5.74, 6) is -2.82. The first-order valence-corrected chi connectivity index (χ1v) is 7.91. The molecular weight excluding hydrogens is 353 g/mol. The molecule has 0 spiro atoms. The SMILES string of the molecule is COc1ccc(-c2csc(NC(=O)c3cc(F)ccc3F)n2)cc1F. The fraction of sp³-hybridized carbons (Fsp3) is 0.0588. The lowest BCUT2D eigenvalue weighted by Gasteiger charge is -2.04. The smallest absolute Gasteiger partial charge is 0.260 e. The molecule has 1 amide bonds. The van der Waals surface area contributed by atoms with Crippen LogP contribution in [0.2, 0.25) is 0 Å². The van der Waals surface area contributed by atoms with Crippen LogP contribution < -0.4 is 10.1 Å². The van der Waals surface area contributed by atoms with Crippen molar-refractivity contribution >= 4 is 22.4 Å². The van der Waals surface area contributed by atoms with Crippen LogP contribution in [0.5, 0.6) is 5.75 Å². The van der Waals surface area contributed by atoms with E-state index in [1.165, 1.54) is 19.2 Å². The molecule has 1 N–H and O–H groups in total. The first-order chi connectivity index (χ1) is 12.0. The number of anilines is 1. The van der Waals surface area contributed by atoms with Crippen LogP contribution in [0.1, 0.15) is 10.4 Å². The molecule has 0 bridgehead atoms. The van der Waals surface area contributed by atoms with Crippen molar-refractivity contribution in [2.45, 2.75) is 0 Å². The standard InChI is InChI=1S/C17H11F3N2O2S/c1-24-15-5-2-9(6-13(15)20)14-8-25-17(21-14)22-16(23)11-7-10(18)3-4-12(11)19/h2-8H,1H3,(H,21,22,23). The van der Waals surface area contributed by atoms with E-state index in [0.717, 1.165) is 29.5 Å². The molecule has 0 aliphatic heterocycles. The van der Waals surface area contributed by atoms with Crippen molar-refractivity contribution < 1.29 is 22.7 Å². The monoisotopic (exact) mass is 364 g/mol. The van der Waals surface area contributed by atoms with Crippen molar-refractivity contribution in [3.63, 3.8) is 0 Å². The molecule has 1 aromatic heterocycles. The minimum Gasteiger partial charge on any atom is -0.494 e. The summed E-state index contributed by atoms with van der Waals surface area (Å²) >= 11 is 1.08. The fourth-order valence-electron chi connectivity index (χ4n) is 2.13. The quantitative estimate of drug-likeness (QED) is 0.742. The number of thiazole rings is 1. The van der Waals surface area contributed by atoms with Gasteiger partial charge < -0.3 is 4.74 Å². The number of rotatable bonds is 4. The maximum Gasteiger partial charge on any atom is 0.260 e. The zero-order chi connectivity index (χ0) is 18.0. The van der Waals surface area contributed by atoms with E-state index in [1.54, 1.807) is 11.4 Å². The number of ether oxygens (including phenoxy) is 1. The summed E-state index contributed by atoms with van der Waals surface area (Å²) in [6.07, 6.45) is 0. The minimum atomic E-state index is -0.840. The van der Waals surface area contributed by atoms with E-state index < -0.39 is 28.9 Å². The van der Waals surface area contributed by atoms with Gasteiger partial charge in [-0.1, -0.05) is 0 Å². The summed E-state index contributed by atoms with van der Waals surface area (Å²) in [7, 11) is 1.36. The molecule has 0 aliphatic rings. The van der Waals surface area contributed by atoms with E-state index in [1.807, 2.05) is 0 Å². The van der Waals surface area contributed by atoms with E-state index in [4.69, 9.17) is 4.74 Å². The summed E-state index contributed by atoms with van der Waals surface area (Å²) in [4.78, 5) is 16.2. The van der Waals surface area contributed by atoms with E-state index in [-0.39, 0.29) is 10.9 Å². The summed E-state index contributed by atoms with van der Waals surface area (Å²) in [6.45, 7) is 0. The molecule has 1 heterocycles. The molecule has 0 atom stereocenters. The first-order valence-electron chi connectivity index (χ1n) is 7.04. The Morgan fingerprint density at radius 1 is 1.12 bits per heavy atom. The Morgan fingerprint density at radius 2 is 1.92 bits per heavy atom. The molecule has 0 aliphatic carbocycles. The molecule has 0 unspecified atom stereocenters. The lowest BCUT2D eigenvalue weighted by atomic mass is 10.1. The lowest BCUT2D eigenvalue weighted by molar-refractivity contribution is 0.102. The molecule has 3 aromatic rings. The Hall–Kier alpha value is -2.87. The summed E-state index contributed by atoms with van der Waals surface area (Å²) in [5.41, 5.74) is 0.501. The van der Waals surface area contributed by atoms with Gasteiger partial charge in [-0.15, -0.1) is 11.3 Å². The van der Waals surface area contributed by atoms with E-state index in [9.17, 15) is 18.0 Å². The van der Waals surface area contributed by atoms with Gasteiger partial charge in [-0.25, -0.2) is 18.2 Å². The molecule has 128 valence electrons. The largest absolute Gasteiger partial charge is 0.494 e. The number of hydrogen-bond donors (Lipinski definition) is 1. The predicted octanol–water partition coefficient (Wildman–Crippen LogP) is 4.49. The third-order valence-electron chi connectivity index (χ3n) is 3.35. The molecule has 0 saturated carbocycles. The number of hydrogen-bond acceptors (Lipinski definition) is 4. The maximum atomic E-state index is 13.8. The van der Waals surface area contributed by atoms with Crippen LogP contribution in [0.4, 0.5) is 18.3 Å². The van der Waals surface area contributed by atoms with Crippen LogP contribution in [0, 0.1) is 17.5 Å². The number of carbonyl (C=O) groups is 1. The zero-order valence-electron chi connectivity index (χ0n) is 12.8. The Kier molecular flexibility index (Phi) is 4.71. The molecule has 3 rings (SSSR count). The van der Waals surface area contributed by atoms with Crippen molar-refractivity contribution in [2.24, 2.45) is 0 Å². The van der Waals surface area contributed by atoms with Gasteiger partial charge in [-0.05, 0) is 36.4 Å². The highest BCUT2D eigenvalue weighted by atomic mass is 32.1. The lowest BCUT2D eigenvalue weighted by Crippen LogP contribution is -2.13. The van der Waals surface area contributed by atoms with Gasteiger partial charge in [0.25, 0.3) is 5.91 Å². The van der Waals surface area contributed by atoms with Gasteiger partial charge in [-0.2, -0.15) is 0 Å². The van der Waals surface area contributed by atoms with Crippen LogP contribution in [0.15, 0.2) is 41.8 Å². The van der Waals surface area contributed by atoms with E-state index in [0.29, 0.717) is 11.3 Å². The highest BCUT2D eigenvalue weighted by Gasteiger charge is 2.15. The second-order valence-corrected chi connectivity index (χ2v) is 5.82. The van der Waals surface area contributed by atoms with Crippen LogP contribution >= 0.6 is 11.3 Å². The van der Waals surface area contributed by atoms with Crippen molar-refractivity contribution in [1.82, 2.24) is 4.98 Å². The number of nitrogens with one attached hydrogen (secondary N) is 1. The molecular formula is C17H11F3N2O2S. The number of benzene rings is 2. The predicted molar refractivity (Wildman–Crippen MR) is 88.4 cm³/mol. The maximum absolute atomic E-state index is 13.8. The molecule has 4 nitrogen and oxygen atoms in total. The van der Waals surface area contributed by atoms with Crippen LogP contribution in [-0.4, -0.2) is 18.0 Å². The average Bonchev–Trinajstić information content (AvgIpc) is 3.05. The summed E-state index contributed by atoms with van der Waals surface area (Å²) in [6, 6.07) is 6.94. The van der Waals surface area contributed by atoms with Gasteiger partial charge in [-0.3, -0.25) is 10.1 Å². The summed E-state index contributed by atoms with van der Waals surface area (Å²) < 4.78 is 45.4. The summed E-state index contributed by atoms with van der Waals surface area (Å²) in [5, 5.41) is 4.19. The van der Waals surface area contributed by atoms with Gasteiger partial charge in [0.1, 0.15) is 11.6 Å². The molecule has 8 heteroatoms. The van der Waals surface area contributed by atoms with Crippen LogP contribution in [0.25, 0.3) is 11.3 Å². The highest BCUT2D eigenvalue weighted by Crippen LogP contribution is 2.28. The molecule has 0 saturated heterocycles. The molecule has 0 fully saturated rings. The Bertz CT molecular complexity index is 943. The highest BCUT2D eigenvalue weighted by molar-refractivity contribution is 7.14.